The molecule has 5 heteroatoms. The van der Waals surface area contributed by atoms with Crippen LogP contribution in [-0.4, -0.2) is 27.9 Å². The normalized spacial score (nSPS) is 12.1. The molecule has 1 N–H and O–H groups in total. The Morgan fingerprint density at radius 2 is 2.29 bits per heavy atom. The largest absolute Gasteiger partial charge is 0.481 e. The first-order valence-electron chi connectivity index (χ1n) is 5.53. The number of aromatic nitrogens is 3. The van der Waals surface area contributed by atoms with Crippen LogP contribution in [0.3, 0.4) is 0 Å². The van der Waals surface area contributed by atoms with E-state index in [0.717, 1.165) is 12.4 Å². The number of anilines is 1. The number of pyridine rings is 1. The van der Waals surface area contributed by atoms with E-state index in [9.17, 15) is 0 Å². The van der Waals surface area contributed by atoms with Crippen molar-refractivity contribution in [2.75, 3.05) is 12.4 Å². The maximum Gasteiger partial charge on any atom is 0.214 e. The average molecular weight is 232 g/mol. The third-order valence-corrected chi connectivity index (χ3v) is 2.35. The number of methoxy groups -OCH3 is 1. The second kappa shape index (κ2) is 5.34. The van der Waals surface area contributed by atoms with E-state index in [4.69, 9.17) is 4.74 Å². The molecule has 0 aliphatic carbocycles. The second-order valence-corrected chi connectivity index (χ2v) is 3.84. The molecule has 0 saturated carbocycles. The third kappa shape index (κ3) is 3.21. The smallest absolute Gasteiger partial charge is 0.214 e. The summed E-state index contributed by atoms with van der Waals surface area (Å²) in [4.78, 5) is 4.30. The molecular weight excluding hydrogens is 216 g/mol. The van der Waals surface area contributed by atoms with Gasteiger partial charge in [-0.3, -0.25) is 4.68 Å². The maximum atomic E-state index is 5.07. The van der Waals surface area contributed by atoms with Gasteiger partial charge in [-0.25, -0.2) is 0 Å². The van der Waals surface area contributed by atoms with Crippen molar-refractivity contribution in [3.63, 3.8) is 0 Å². The van der Waals surface area contributed by atoms with E-state index in [0.29, 0.717) is 5.88 Å². The molecule has 0 radical (unpaired) electrons. The Hall–Kier alpha value is -2.04. The minimum Gasteiger partial charge on any atom is -0.481 e. The van der Waals surface area contributed by atoms with E-state index >= 15 is 0 Å². The average Bonchev–Trinajstić information content (AvgIpc) is 2.82. The molecule has 0 bridgehead atoms. The van der Waals surface area contributed by atoms with Gasteiger partial charge in [-0.1, -0.05) is 6.07 Å². The van der Waals surface area contributed by atoms with Gasteiger partial charge in [0.05, 0.1) is 13.7 Å². The predicted molar refractivity (Wildman–Crippen MR) is 66.1 cm³/mol. The molecule has 0 aliphatic heterocycles. The Labute approximate surface area is 100 Å². The van der Waals surface area contributed by atoms with Crippen LogP contribution in [-0.2, 0) is 6.54 Å². The van der Waals surface area contributed by atoms with Crippen molar-refractivity contribution >= 4 is 5.82 Å². The zero-order valence-electron chi connectivity index (χ0n) is 10.00. The molecule has 2 rings (SSSR count). The van der Waals surface area contributed by atoms with Crippen LogP contribution in [0.4, 0.5) is 5.82 Å². The number of ether oxygens (including phenoxy) is 1. The van der Waals surface area contributed by atoms with Gasteiger partial charge in [-0.2, -0.15) is 10.1 Å². The molecule has 0 fully saturated rings. The summed E-state index contributed by atoms with van der Waals surface area (Å²) in [6, 6.07) is 7.81. The summed E-state index contributed by atoms with van der Waals surface area (Å²) in [7, 11) is 1.61. The van der Waals surface area contributed by atoms with Crippen molar-refractivity contribution in [1.29, 1.82) is 0 Å². The molecule has 2 heterocycles. The Morgan fingerprint density at radius 1 is 1.41 bits per heavy atom. The SMILES string of the molecule is COc1cccc(NC(C)Cn2cccn2)n1. The van der Waals surface area contributed by atoms with Crippen molar-refractivity contribution in [1.82, 2.24) is 14.8 Å². The molecule has 2 aromatic heterocycles. The Bertz CT molecular complexity index is 455. The van der Waals surface area contributed by atoms with E-state index in [2.05, 4.69) is 22.3 Å². The van der Waals surface area contributed by atoms with E-state index in [1.54, 1.807) is 13.3 Å². The monoisotopic (exact) mass is 232 g/mol. The summed E-state index contributed by atoms with van der Waals surface area (Å²) in [5.74, 6) is 1.42. The number of hydrogen-bond acceptors (Lipinski definition) is 4. The van der Waals surface area contributed by atoms with Gasteiger partial charge >= 0.3 is 0 Å². The molecule has 0 saturated heterocycles. The van der Waals surface area contributed by atoms with Gasteiger partial charge in [0.1, 0.15) is 5.82 Å². The summed E-state index contributed by atoms with van der Waals surface area (Å²) in [5, 5.41) is 7.47. The first-order chi connectivity index (χ1) is 8.28. The van der Waals surface area contributed by atoms with E-state index in [1.165, 1.54) is 0 Å². The number of nitrogens with zero attached hydrogens (tertiary/aromatic N) is 3. The van der Waals surface area contributed by atoms with Crippen LogP contribution < -0.4 is 10.1 Å². The molecule has 1 atom stereocenters. The molecule has 0 spiro atoms. The molecule has 90 valence electrons. The predicted octanol–water partition coefficient (Wildman–Crippen LogP) is 1.79. The molecule has 2 aromatic rings. The van der Waals surface area contributed by atoms with Crippen LogP contribution in [0.5, 0.6) is 5.88 Å². The summed E-state index contributed by atoms with van der Waals surface area (Å²) in [6.07, 6.45) is 3.72. The summed E-state index contributed by atoms with van der Waals surface area (Å²) >= 11 is 0. The lowest BCUT2D eigenvalue weighted by Gasteiger charge is -2.14. The van der Waals surface area contributed by atoms with Crippen LogP contribution in [0.1, 0.15) is 6.92 Å². The highest BCUT2D eigenvalue weighted by Gasteiger charge is 2.04. The van der Waals surface area contributed by atoms with Gasteiger partial charge in [0.15, 0.2) is 0 Å². The van der Waals surface area contributed by atoms with Crippen LogP contribution in [0.2, 0.25) is 0 Å². The molecule has 0 aliphatic rings. The molecule has 0 amide bonds. The summed E-state index contributed by atoms with van der Waals surface area (Å²) in [5.41, 5.74) is 0. The Balaban J connectivity index is 1.95. The minimum absolute atomic E-state index is 0.245. The second-order valence-electron chi connectivity index (χ2n) is 3.84. The van der Waals surface area contributed by atoms with Crippen LogP contribution in [0.25, 0.3) is 0 Å². The van der Waals surface area contributed by atoms with Gasteiger partial charge in [-0.15, -0.1) is 0 Å². The lowest BCUT2D eigenvalue weighted by molar-refractivity contribution is 0.398. The van der Waals surface area contributed by atoms with Crippen molar-refractivity contribution in [3.05, 3.63) is 36.7 Å². The van der Waals surface area contributed by atoms with Crippen molar-refractivity contribution < 1.29 is 4.74 Å². The molecule has 1 unspecified atom stereocenters. The van der Waals surface area contributed by atoms with Gasteiger partial charge in [-0.05, 0) is 19.1 Å². The van der Waals surface area contributed by atoms with E-state index in [-0.39, 0.29) is 6.04 Å². The highest BCUT2D eigenvalue weighted by Crippen LogP contribution is 2.11. The van der Waals surface area contributed by atoms with Crippen molar-refractivity contribution in [2.45, 2.75) is 19.5 Å². The summed E-state index contributed by atoms with van der Waals surface area (Å²) < 4.78 is 6.96. The van der Waals surface area contributed by atoms with Crippen LogP contribution in [0.15, 0.2) is 36.7 Å². The summed E-state index contributed by atoms with van der Waals surface area (Å²) in [6.45, 7) is 2.88. The first-order valence-corrected chi connectivity index (χ1v) is 5.53. The Kier molecular flexibility index (Phi) is 3.59. The van der Waals surface area contributed by atoms with Gasteiger partial charge < -0.3 is 10.1 Å². The topological polar surface area (TPSA) is 52.0 Å². The number of nitrogens with one attached hydrogen (secondary N) is 1. The number of rotatable bonds is 5. The fourth-order valence-electron chi connectivity index (χ4n) is 1.60. The maximum absolute atomic E-state index is 5.07. The third-order valence-electron chi connectivity index (χ3n) is 2.35. The minimum atomic E-state index is 0.245. The Morgan fingerprint density at radius 3 is 3.00 bits per heavy atom. The lowest BCUT2D eigenvalue weighted by atomic mass is 10.3. The van der Waals surface area contributed by atoms with E-state index < -0.39 is 0 Å². The fraction of sp³-hybridized carbons (Fsp3) is 0.333. The quantitative estimate of drug-likeness (QED) is 0.853. The molecule has 0 aromatic carbocycles. The lowest BCUT2D eigenvalue weighted by Crippen LogP contribution is -2.22. The first kappa shape index (κ1) is 11.4. The van der Waals surface area contributed by atoms with Crippen LogP contribution in [0, 0.1) is 0 Å². The van der Waals surface area contributed by atoms with Crippen LogP contribution >= 0.6 is 0 Å². The zero-order chi connectivity index (χ0) is 12.1. The number of hydrogen-bond donors (Lipinski definition) is 1. The van der Waals surface area contributed by atoms with Crippen molar-refractivity contribution in [3.8, 4) is 5.88 Å². The fourth-order valence-corrected chi connectivity index (χ4v) is 1.60. The van der Waals surface area contributed by atoms with Gasteiger partial charge in [0.2, 0.25) is 5.88 Å². The molecule has 5 nitrogen and oxygen atoms in total. The highest BCUT2D eigenvalue weighted by molar-refractivity contribution is 5.37. The molecular formula is C12H16N4O. The highest BCUT2D eigenvalue weighted by atomic mass is 16.5. The van der Waals surface area contributed by atoms with Gasteiger partial charge in [0, 0.05) is 24.5 Å². The van der Waals surface area contributed by atoms with E-state index in [1.807, 2.05) is 35.1 Å². The van der Waals surface area contributed by atoms with Gasteiger partial charge in [0.25, 0.3) is 0 Å². The zero-order valence-corrected chi connectivity index (χ0v) is 10.00. The molecule has 17 heavy (non-hydrogen) atoms. The standard InChI is InChI=1S/C12H16N4O/c1-10(9-16-8-4-7-13-16)14-11-5-3-6-12(15-11)17-2/h3-8,10H,9H2,1-2H3,(H,14,15). The van der Waals surface area contributed by atoms with Crippen molar-refractivity contribution in [2.24, 2.45) is 0 Å².